The number of phenolic OH excluding ortho intramolecular Hbond substituents is 2. The Kier molecular flexibility index (Phi) is 4.98. The van der Waals surface area contributed by atoms with Crippen LogP contribution < -0.4 is 0 Å². The van der Waals surface area contributed by atoms with Gasteiger partial charge in [0.2, 0.25) is 0 Å². The fourth-order valence-corrected chi connectivity index (χ4v) is 8.96. The number of aromatic hydroxyl groups is 2. The summed E-state index contributed by atoms with van der Waals surface area (Å²) in [5, 5.41) is 20.8. The van der Waals surface area contributed by atoms with Crippen molar-refractivity contribution in [3.05, 3.63) is 34.4 Å². The molecule has 0 radical (unpaired) electrons. The van der Waals surface area contributed by atoms with Crippen molar-refractivity contribution < 1.29 is 24.5 Å². The van der Waals surface area contributed by atoms with Crippen molar-refractivity contribution >= 4 is 11.8 Å². The lowest BCUT2D eigenvalue weighted by Gasteiger charge is -2.69. The van der Waals surface area contributed by atoms with E-state index in [1.54, 1.807) is 13.0 Å². The van der Waals surface area contributed by atoms with E-state index in [0.717, 1.165) is 56.1 Å². The first kappa shape index (κ1) is 24.4. The Morgan fingerprint density at radius 1 is 1.00 bits per heavy atom. The quantitative estimate of drug-likeness (QED) is 0.360. The molecular formula is C30H40O5. The molecule has 3 fully saturated rings. The molecule has 0 aliphatic heterocycles. The number of rotatable bonds is 1. The van der Waals surface area contributed by atoms with E-state index >= 15 is 0 Å². The van der Waals surface area contributed by atoms with Crippen LogP contribution >= 0.6 is 0 Å². The Hall–Kier alpha value is -2.30. The number of carbonyl (C=O) groups excluding carboxylic acids is 2. The van der Waals surface area contributed by atoms with E-state index in [2.05, 4.69) is 34.6 Å². The number of phenols is 2. The number of ether oxygens (including phenoxy) is 1. The zero-order valence-electron chi connectivity index (χ0n) is 22.3. The van der Waals surface area contributed by atoms with Gasteiger partial charge in [-0.3, -0.25) is 9.59 Å². The number of fused-ring (bicyclic) bond motifs is 7. The van der Waals surface area contributed by atoms with Crippen molar-refractivity contribution in [1.82, 2.24) is 0 Å². The SMILES string of the molecule is COC(=O)[C@]1(C)CC[C@]2(C)CC[C@]3(C)C4=CC(=O)c5c(cc(O)c(O)c5C)[C@]4(C)CC[C@@]3(C)C2C1. The predicted molar refractivity (Wildman–Crippen MR) is 135 cm³/mol. The van der Waals surface area contributed by atoms with Crippen LogP contribution in [0.3, 0.4) is 0 Å². The van der Waals surface area contributed by atoms with Gasteiger partial charge in [0.1, 0.15) is 0 Å². The van der Waals surface area contributed by atoms with Gasteiger partial charge in [-0.05, 0) is 104 Å². The summed E-state index contributed by atoms with van der Waals surface area (Å²) < 4.78 is 5.25. The number of ketones is 1. The molecule has 5 nitrogen and oxygen atoms in total. The normalized spacial score (nSPS) is 42.2. The molecule has 0 heterocycles. The van der Waals surface area contributed by atoms with Gasteiger partial charge in [-0.25, -0.2) is 0 Å². The van der Waals surface area contributed by atoms with Gasteiger partial charge in [-0.1, -0.05) is 27.7 Å². The van der Waals surface area contributed by atoms with Gasteiger partial charge in [-0.15, -0.1) is 0 Å². The minimum Gasteiger partial charge on any atom is -0.504 e. The number of benzene rings is 1. The molecule has 0 aromatic heterocycles. The minimum absolute atomic E-state index is 0.0766. The molecule has 4 aliphatic rings. The molecule has 1 aromatic rings. The third-order valence-electron chi connectivity index (χ3n) is 11.6. The van der Waals surface area contributed by atoms with Crippen molar-refractivity contribution in [1.29, 1.82) is 0 Å². The van der Waals surface area contributed by atoms with Crippen molar-refractivity contribution in [2.75, 3.05) is 7.11 Å². The number of hydrogen-bond acceptors (Lipinski definition) is 5. The van der Waals surface area contributed by atoms with Gasteiger partial charge in [0.25, 0.3) is 0 Å². The van der Waals surface area contributed by atoms with E-state index in [9.17, 15) is 19.8 Å². The van der Waals surface area contributed by atoms with E-state index in [0.29, 0.717) is 17.0 Å². The number of carbonyl (C=O) groups is 2. The number of allylic oxidation sites excluding steroid dienone is 2. The molecule has 0 bridgehead atoms. The molecule has 5 heteroatoms. The van der Waals surface area contributed by atoms with Gasteiger partial charge >= 0.3 is 5.97 Å². The fraction of sp³-hybridized carbons (Fsp3) is 0.667. The van der Waals surface area contributed by atoms with Gasteiger partial charge in [0, 0.05) is 16.5 Å². The van der Waals surface area contributed by atoms with Crippen molar-refractivity contribution in [2.24, 2.45) is 27.6 Å². The first-order valence-electron chi connectivity index (χ1n) is 13.1. The van der Waals surface area contributed by atoms with Crippen molar-refractivity contribution in [2.45, 2.75) is 91.9 Å². The van der Waals surface area contributed by atoms with Crippen LogP contribution in [0.25, 0.3) is 0 Å². The van der Waals surface area contributed by atoms with E-state index < -0.39 is 5.41 Å². The molecule has 2 N–H and O–H groups in total. The molecule has 0 spiro atoms. The molecular weight excluding hydrogens is 440 g/mol. The first-order valence-corrected chi connectivity index (χ1v) is 13.1. The van der Waals surface area contributed by atoms with Gasteiger partial charge in [0.15, 0.2) is 17.3 Å². The summed E-state index contributed by atoms with van der Waals surface area (Å²) in [6.45, 7) is 13.1. The maximum absolute atomic E-state index is 13.5. The Morgan fingerprint density at radius 2 is 1.66 bits per heavy atom. The summed E-state index contributed by atoms with van der Waals surface area (Å²) in [6, 6.07) is 1.62. The van der Waals surface area contributed by atoms with Crippen LogP contribution in [-0.4, -0.2) is 29.1 Å². The topological polar surface area (TPSA) is 83.8 Å². The molecule has 0 saturated heterocycles. The standard InChI is InChI=1S/C30H40O5/c1-17-23-18(14-20(32)24(17)33)28(4)11-13-30(6)22-16-27(3,25(34)35-7)9-8-26(22,2)10-12-29(30,5)21(28)15-19(23)31/h14-15,22,32-33H,8-13,16H2,1-7H3/t22?,26-,27-,28+,29-,30+/m1/s1. The van der Waals surface area contributed by atoms with Crippen LogP contribution in [0, 0.1) is 34.5 Å². The summed E-state index contributed by atoms with van der Waals surface area (Å²) in [5.74, 6) is -0.219. The van der Waals surface area contributed by atoms with E-state index in [1.165, 1.54) is 7.11 Å². The average Bonchev–Trinajstić information content (AvgIpc) is 2.81. The summed E-state index contributed by atoms with van der Waals surface area (Å²) in [5.41, 5.74) is 1.99. The van der Waals surface area contributed by atoms with Crippen LogP contribution in [0.5, 0.6) is 11.5 Å². The molecule has 5 rings (SSSR count). The highest BCUT2D eigenvalue weighted by Crippen LogP contribution is 2.74. The molecule has 35 heavy (non-hydrogen) atoms. The summed E-state index contributed by atoms with van der Waals surface area (Å²) in [4.78, 5) is 26.4. The third-order valence-corrected chi connectivity index (χ3v) is 11.6. The van der Waals surface area contributed by atoms with Crippen LogP contribution in [0.1, 0.15) is 101 Å². The van der Waals surface area contributed by atoms with Crippen molar-refractivity contribution in [3.8, 4) is 11.5 Å². The monoisotopic (exact) mass is 480 g/mol. The lowest BCUT2D eigenvalue weighted by Crippen LogP contribution is -2.62. The Balaban J connectivity index is 1.65. The lowest BCUT2D eigenvalue weighted by atomic mass is 9.34. The Bertz CT molecular complexity index is 1180. The number of methoxy groups -OCH3 is 1. The molecule has 1 unspecified atom stereocenters. The van der Waals surface area contributed by atoms with Crippen LogP contribution in [0.2, 0.25) is 0 Å². The fourth-order valence-electron chi connectivity index (χ4n) is 8.96. The van der Waals surface area contributed by atoms with Crippen LogP contribution in [-0.2, 0) is 14.9 Å². The van der Waals surface area contributed by atoms with Gasteiger partial charge in [-0.2, -0.15) is 0 Å². The number of esters is 1. The highest BCUT2D eigenvalue weighted by atomic mass is 16.5. The molecule has 4 aliphatic carbocycles. The Morgan fingerprint density at radius 3 is 2.31 bits per heavy atom. The smallest absolute Gasteiger partial charge is 0.311 e. The second-order valence-corrected chi connectivity index (χ2v) is 13.3. The second kappa shape index (κ2) is 7.14. The highest BCUT2D eigenvalue weighted by Gasteiger charge is 2.67. The van der Waals surface area contributed by atoms with Crippen LogP contribution in [0.4, 0.5) is 0 Å². The molecule has 3 saturated carbocycles. The average molecular weight is 481 g/mol. The van der Waals surface area contributed by atoms with Gasteiger partial charge in [0.05, 0.1) is 12.5 Å². The molecule has 6 atom stereocenters. The number of hydrogen-bond donors (Lipinski definition) is 2. The third kappa shape index (κ3) is 2.87. The van der Waals surface area contributed by atoms with Gasteiger partial charge < -0.3 is 14.9 Å². The highest BCUT2D eigenvalue weighted by molar-refractivity contribution is 6.10. The zero-order valence-corrected chi connectivity index (χ0v) is 22.3. The minimum atomic E-state index is -0.481. The molecule has 1 aromatic carbocycles. The summed E-state index contributed by atoms with van der Waals surface area (Å²) in [7, 11) is 1.49. The van der Waals surface area contributed by atoms with E-state index in [-0.39, 0.29) is 44.9 Å². The van der Waals surface area contributed by atoms with Crippen molar-refractivity contribution in [3.63, 3.8) is 0 Å². The lowest BCUT2D eigenvalue weighted by molar-refractivity contribution is -0.179. The summed E-state index contributed by atoms with van der Waals surface area (Å²) >= 11 is 0. The first-order chi connectivity index (χ1) is 16.2. The molecule has 0 amide bonds. The predicted octanol–water partition coefficient (Wildman–Crippen LogP) is 6.37. The maximum atomic E-state index is 13.5. The van der Waals surface area contributed by atoms with E-state index in [1.807, 2.05) is 6.08 Å². The largest absolute Gasteiger partial charge is 0.504 e. The maximum Gasteiger partial charge on any atom is 0.311 e. The zero-order chi connectivity index (χ0) is 25.8. The Labute approximate surface area is 209 Å². The van der Waals surface area contributed by atoms with Crippen LogP contribution in [0.15, 0.2) is 17.7 Å². The molecule has 190 valence electrons. The second-order valence-electron chi connectivity index (χ2n) is 13.3. The van der Waals surface area contributed by atoms with E-state index in [4.69, 9.17) is 4.74 Å². The summed E-state index contributed by atoms with van der Waals surface area (Å²) in [6.07, 6.45) is 8.43.